The molecular weight excluding hydrogens is 217 g/mol. The molecule has 1 aromatic rings. The molecule has 51 valence electrons. The Kier molecular flexibility index (Phi) is 5.70. The van der Waals surface area contributed by atoms with Gasteiger partial charge >= 0.3 is 0 Å². The normalized spacial score (nSPS) is 9.10. The minimum absolute atomic E-state index is 0. The van der Waals surface area contributed by atoms with Crippen LogP contribution in [0.3, 0.4) is 0 Å². The summed E-state index contributed by atoms with van der Waals surface area (Å²) in [4.78, 5) is 1.41. The van der Waals surface area contributed by atoms with E-state index in [1.54, 1.807) is 0 Å². The van der Waals surface area contributed by atoms with Gasteiger partial charge in [0.2, 0.25) is 0 Å². The third-order valence-electron chi connectivity index (χ3n) is 1.16. The van der Waals surface area contributed by atoms with Crippen molar-refractivity contribution >= 4 is 10.9 Å². The second kappa shape index (κ2) is 5.34. The predicted molar refractivity (Wildman–Crippen MR) is 42.8 cm³/mol. The molecule has 1 rings (SSSR count). The van der Waals surface area contributed by atoms with E-state index in [0.717, 1.165) is 0 Å². The van der Waals surface area contributed by atoms with Crippen LogP contribution in [0.4, 0.5) is 0 Å². The van der Waals surface area contributed by atoms with Gasteiger partial charge in [0, 0.05) is 37.6 Å². The molecule has 0 aliphatic heterocycles. The Morgan fingerprint density at radius 2 is 1.70 bits per heavy atom. The molecule has 10 heavy (non-hydrogen) atoms. The van der Waals surface area contributed by atoms with Crippen molar-refractivity contribution in [1.82, 2.24) is 0 Å². The monoisotopic (exact) mass is 227 g/mol. The summed E-state index contributed by atoms with van der Waals surface area (Å²) in [5, 5.41) is 0. The van der Waals surface area contributed by atoms with Crippen molar-refractivity contribution in [3.05, 3.63) is 30.3 Å². The molecule has 0 heterocycles. The smallest absolute Gasteiger partial charge is 0.100 e. The Balaban J connectivity index is 0.000000810. The number of benzene rings is 1. The molecule has 0 bridgehead atoms. The molecular formula is C8H10SY. The molecule has 0 saturated heterocycles. The third kappa shape index (κ3) is 3.18. The zero-order valence-corrected chi connectivity index (χ0v) is 9.95. The van der Waals surface area contributed by atoms with Crippen LogP contribution in [0.1, 0.15) is 0 Å². The van der Waals surface area contributed by atoms with Crippen molar-refractivity contribution in [1.29, 1.82) is 0 Å². The minimum atomic E-state index is 0. The summed E-state index contributed by atoms with van der Waals surface area (Å²) in [6, 6.07) is 11.1. The number of hydrogen-bond donors (Lipinski definition) is 0. The quantitative estimate of drug-likeness (QED) is 0.506. The topological polar surface area (TPSA) is 0 Å². The molecule has 0 saturated carbocycles. The van der Waals surface area contributed by atoms with Crippen molar-refractivity contribution in [2.24, 2.45) is 0 Å². The van der Waals surface area contributed by atoms with E-state index in [1.165, 1.54) is 4.90 Å². The first-order valence-corrected chi connectivity index (χ1v) is 4.88. The average molecular weight is 227 g/mol. The first-order chi connectivity index (χ1) is 4.30. The fraction of sp³-hybridized carbons (Fsp3) is 0.250. The van der Waals surface area contributed by atoms with Gasteiger partial charge in [-0.1, -0.05) is 0 Å². The third-order valence-corrected chi connectivity index (χ3v) is 2.37. The van der Waals surface area contributed by atoms with Crippen LogP contribution < -0.4 is 0 Å². The first-order valence-electron chi connectivity index (χ1n) is 2.84. The summed E-state index contributed by atoms with van der Waals surface area (Å²) >= 11 is 0. The standard InChI is InChI=1S/C8H10S.Y/c1-9(2)8-6-4-3-5-7-8;/h4-7H,1-2H3;. The summed E-state index contributed by atoms with van der Waals surface area (Å²) in [7, 11) is 0.401. The minimum Gasteiger partial charge on any atom is -0.183 e. The van der Waals surface area contributed by atoms with Crippen LogP contribution in [0.15, 0.2) is 29.2 Å². The molecule has 0 aliphatic rings. The van der Waals surface area contributed by atoms with Gasteiger partial charge in [-0.05, 0) is 10.9 Å². The molecule has 0 atom stereocenters. The summed E-state index contributed by atoms with van der Waals surface area (Å²) < 4.78 is 0. The predicted octanol–water partition coefficient (Wildman–Crippen LogP) is 1.72. The van der Waals surface area contributed by atoms with Crippen LogP contribution >= 0.6 is 0 Å². The fourth-order valence-electron chi connectivity index (χ4n) is 0.644. The Morgan fingerprint density at radius 1 is 1.20 bits per heavy atom. The van der Waals surface area contributed by atoms with Gasteiger partial charge in [0.05, 0.1) is 0 Å². The average Bonchev–Trinajstić information content (AvgIpc) is 1.90. The Bertz CT molecular complexity index is 172. The van der Waals surface area contributed by atoms with Crippen molar-refractivity contribution in [2.45, 2.75) is 4.90 Å². The molecule has 0 nitrogen and oxygen atoms in total. The van der Waals surface area contributed by atoms with E-state index in [9.17, 15) is 0 Å². The van der Waals surface area contributed by atoms with E-state index in [4.69, 9.17) is 0 Å². The molecule has 0 N–H and O–H groups in total. The van der Waals surface area contributed by atoms with Gasteiger partial charge in [0.25, 0.3) is 0 Å². The number of rotatable bonds is 1. The summed E-state index contributed by atoms with van der Waals surface area (Å²) in [5.74, 6) is 0. The van der Waals surface area contributed by atoms with Crippen LogP contribution in [0, 0.1) is 6.07 Å². The SMILES string of the molecule is C[S+](C)c1cc[c-]cc1.[Y]. The molecule has 0 amide bonds. The van der Waals surface area contributed by atoms with E-state index in [0.29, 0.717) is 10.9 Å². The summed E-state index contributed by atoms with van der Waals surface area (Å²) in [6.07, 6.45) is 4.44. The van der Waals surface area contributed by atoms with Crippen LogP contribution in [0.2, 0.25) is 0 Å². The van der Waals surface area contributed by atoms with E-state index in [2.05, 4.69) is 30.7 Å². The van der Waals surface area contributed by atoms with E-state index < -0.39 is 0 Å². The Hall–Kier alpha value is 0.674. The van der Waals surface area contributed by atoms with Crippen molar-refractivity contribution in [2.75, 3.05) is 12.5 Å². The van der Waals surface area contributed by atoms with Gasteiger partial charge in [-0.15, -0.1) is 12.1 Å². The molecule has 0 fully saturated rings. The van der Waals surface area contributed by atoms with Gasteiger partial charge < -0.3 is 0 Å². The first kappa shape index (κ1) is 10.7. The Morgan fingerprint density at radius 3 is 2.00 bits per heavy atom. The van der Waals surface area contributed by atoms with Crippen molar-refractivity contribution in [3.63, 3.8) is 0 Å². The van der Waals surface area contributed by atoms with E-state index in [1.807, 2.05) is 12.1 Å². The van der Waals surface area contributed by atoms with E-state index >= 15 is 0 Å². The molecule has 1 radical (unpaired) electrons. The Labute approximate surface area is 90.6 Å². The zero-order valence-electron chi connectivity index (χ0n) is 6.29. The van der Waals surface area contributed by atoms with Crippen LogP contribution in [0.25, 0.3) is 0 Å². The second-order valence-electron chi connectivity index (χ2n) is 2.05. The van der Waals surface area contributed by atoms with Gasteiger partial charge in [-0.3, -0.25) is 0 Å². The van der Waals surface area contributed by atoms with Crippen LogP contribution in [-0.2, 0) is 43.6 Å². The zero-order chi connectivity index (χ0) is 6.69. The molecule has 1 aromatic carbocycles. The van der Waals surface area contributed by atoms with Crippen molar-refractivity contribution in [3.8, 4) is 0 Å². The number of hydrogen-bond acceptors (Lipinski definition) is 0. The maximum atomic E-state index is 2.99. The maximum Gasteiger partial charge on any atom is 0.100 e. The molecule has 2 heteroatoms. The van der Waals surface area contributed by atoms with Gasteiger partial charge in [0.1, 0.15) is 12.5 Å². The van der Waals surface area contributed by atoms with Gasteiger partial charge in [-0.2, -0.15) is 18.2 Å². The summed E-state index contributed by atoms with van der Waals surface area (Å²) in [6.45, 7) is 0. The van der Waals surface area contributed by atoms with Crippen molar-refractivity contribution < 1.29 is 32.7 Å². The molecule has 0 aromatic heterocycles. The van der Waals surface area contributed by atoms with E-state index in [-0.39, 0.29) is 32.7 Å². The fourth-order valence-corrected chi connectivity index (χ4v) is 1.32. The molecule has 0 unspecified atom stereocenters. The van der Waals surface area contributed by atoms with Gasteiger partial charge in [-0.25, -0.2) is 0 Å². The van der Waals surface area contributed by atoms with Crippen LogP contribution in [0.5, 0.6) is 0 Å². The largest absolute Gasteiger partial charge is 0.183 e. The molecule has 0 spiro atoms. The molecule has 0 aliphatic carbocycles. The van der Waals surface area contributed by atoms with Crippen LogP contribution in [-0.4, -0.2) is 12.5 Å². The maximum absolute atomic E-state index is 2.99. The summed E-state index contributed by atoms with van der Waals surface area (Å²) in [5.41, 5.74) is 0. The second-order valence-corrected chi connectivity index (χ2v) is 4.16. The van der Waals surface area contributed by atoms with Gasteiger partial charge in [0.15, 0.2) is 0 Å².